The maximum atomic E-state index is 13.0. The highest BCUT2D eigenvalue weighted by molar-refractivity contribution is 7.85. The average Bonchev–Trinajstić information content (AvgIpc) is 2.97. The molecule has 2 unspecified atom stereocenters. The van der Waals surface area contributed by atoms with E-state index >= 15 is 0 Å². The Balaban J connectivity index is 1.16. The summed E-state index contributed by atoms with van der Waals surface area (Å²) in [5.41, 5.74) is 7.22. The summed E-state index contributed by atoms with van der Waals surface area (Å²) in [4.78, 5) is 55.2. The van der Waals surface area contributed by atoms with Crippen molar-refractivity contribution in [1.82, 2.24) is 25.8 Å². The summed E-state index contributed by atoms with van der Waals surface area (Å²) < 4.78 is 11.7. The van der Waals surface area contributed by atoms with E-state index in [4.69, 9.17) is 5.73 Å². The van der Waals surface area contributed by atoms with Crippen molar-refractivity contribution in [2.75, 3.05) is 50.8 Å². The molecule has 3 aliphatic rings. The fourth-order valence-corrected chi connectivity index (χ4v) is 7.54. The number of amides is 4. The standard InChI is InChI=1S/C31H48N6O5S/c1-22(2)16-26(35-27(38)20-33-29(40)25(32)17-23-6-4-3-5-7-23)30(41)34-21-28(39)37-10-8-31(9-11-37)18-24(19-31)36-12-14-43(42)15-13-36/h3-7,22,24-26H,8-21,32H2,1-2H3,(H,33,40)(H,34,41)(H,35,38). The number of carbonyl (C=O) groups is 4. The molecule has 5 N–H and O–H groups in total. The van der Waals surface area contributed by atoms with E-state index in [2.05, 4.69) is 20.9 Å². The van der Waals surface area contributed by atoms with Gasteiger partial charge in [-0.15, -0.1) is 0 Å². The van der Waals surface area contributed by atoms with E-state index in [-0.39, 0.29) is 24.9 Å². The third kappa shape index (κ3) is 9.58. The number of nitrogens with one attached hydrogen (secondary N) is 3. The fraction of sp³-hybridized carbons (Fsp3) is 0.677. The quantitative estimate of drug-likeness (QED) is 0.261. The summed E-state index contributed by atoms with van der Waals surface area (Å²) >= 11 is 0. The molecule has 1 aliphatic carbocycles. The lowest BCUT2D eigenvalue weighted by atomic mass is 9.60. The maximum absolute atomic E-state index is 13.0. The molecule has 3 fully saturated rings. The zero-order chi connectivity index (χ0) is 31.0. The summed E-state index contributed by atoms with van der Waals surface area (Å²) in [5, 5.41) is 7.97. The molecule has 43 heavy (non-hydrogen) atoms. The maximum Gasteiger partial charge on any atom is 0.243 e. The van der Waals surface area contributed by atoms with E-state index in [0.29, 0.717) is 37.4 Å². The first kappa shape index (κ1) is 33.1. The highest BCUT2D eigenvalue weighted by Gasteiger charge is 2.48. The molecule has 1 saturated carbocycles. The van der Waals surface area contributed by atoms with Crippen molar-refractivity contribution in [2.24, 2.45) is 17.1 Å². The molecule has 1 aromatic rings. The summed E-state index contributed by atoms with van der Waals surface area (Å²) in [5.74, 6) is 0.202. The molecule has 11 nitrogen and oxygen atoms in total. The molecule has 2 saturated heterocycles. The van der Waals surface area contributed by atoms with Gasteiger partial charge in [0, 0.05) is 54.5 Å². The van der Waals surface area contributed by atoms with Crippen LogP contribution in [0.4, 0.5) is 0 Å². The van der Waals surface area contributed by atoms with E-state index in [1.165, 1.54) is 0 Å². The van der Waals surface area contributed by atoms with Crippen LogP contribution in [0.25, 0.3) is 0 Å². The van der Waals surface area contributed by atoms with Crippen molar-refractivity contribution < 1.29 is 23.4 Å². The smallest absolute Gasteiger partial charge is 0.243 e. The van der Waals surface area contributed by atoms with Crippen LogP contribution in [0.2, 0.25) is 0 Å². The Hall–Kier alpha value is -2.83. The molecule has 2 atom stereocenters. The van der Waals surface area contributed by atoms with Gasteiger partial charge in [-0.05, 0) is 55.4 Å². The van der Waals surface area contributed by atoms with Crippen LogP contribution in [0.3, 0.4) is 0 Å². The van der Waals surface area contributed by atoms with Gasteiger partial charge in [-0.1, -0.05) is 44.2 Å². The molecule has 4 amide bonds. The number of benzene rings is 1. The van der Waals surface area contributed by atoms with Crippen molar-refractivity contribution in [3.8, 4) is 0 Å². The number of piperidine rings is 1. The van der Waals surface area contributed by atoms with Gasteiger partial charge in [0.25, 0.3) is 0 Å². The number of carbonyl (C=O) groups excluding carboxylic acids is 4. The minimum absolute atomic E-state index is 0.116. The van der Waals surface area contributed by atoms with Crippen LogP contribution in [0.1, 0.15) is 51.5 Å². The molecular weight excluding hydrogens is 568 g/mol. The van der Waals surface area contributed by atoms with Gasteiger partial charge >= 0.3 is 0 Å². The van der Waals surface area contributed by atoms with Gasteiger partial charge in [0.15, 0.2) is 0 Å². The molecule has 12 heteroatoms. The van der Waals surface area contributed by atoms with Crippen molar-refractivity contribution in [3.05, 3.63) is 35.9 Å². The van der Waals surface area contributed by atoms with Gasteiger partial charge < -0.3 is 26.6 Å². The largest absolute Gasteiger partial charge is 0.346 e. The first-order valence-electron chi connectivity index (χ1n) is 15.5. The summed E-state index contributed by atoms with van der Waals surface area (Å²) in [7, 11) is -0.660. The van der Waals surface area contributed by atoms with Crippen LogP contribution in [-0.2, 0) is 36.4 Å². The van der Waals surface area contributed by atoms with E-state index in [1.807, 2.05) is 49.1 Å². The zero-order valence-corrected chi connectivity index (χ0v) is 26.3. The van der Waals surface area contributed by atoms with Crippen LogP contribution in [0.15, 0.2) is 30.3 Å². The Morgan fingerprint density at radius 3 is 2.21 bits per heavy atom. The molecule has 238 valence electrons. The van der Waals surface area contributed by atoms with Gasteiger partial charge in [-0.3, -0.25) is 28.3 Å². The van der Waals surface area contributed by atoms with Crippen molar-refractivity contribution in [1.29, 1.82) is 0 Å². The van der Waals surface area contributed by atoms with Gasteiger partial charge in [0.2, 0.25) is 23.6 Å². The third-order valence-corrected chi connectivity index (χ3v) is 10.3. The average molecular weight is 617 g/mol. The van der Waals surface area contributed by atoms with E-state index in [1.54, 1.807) is 0 Å². The van der Waals surface area contributed by atoms with E-state index in [9.17, 15) is 23.4 Å². The monoisotopic (exact) mass is 616 g/mol. The normalized spacial score (nSPS) is 20.7. The van der Waals surface area contributed by atoms with Gasteiger partial charge in [-0.2, -0.15) is 0 Å². The highest BCUT2D eigenvalue weighted by atomic mass is 32.2. The Morgan fingerprint density at radius 1 is 0.953 bits per heavy atom. The molecule has 0 aromatic heterocycles. The SMILES string of the molecule is CC(C)CC(NC(=O)CNC(=O)C(N)Cc1ccccc1)C(=O)NCC(=O)N1CCC2(CC1)CC(N1CCS(=O)CC1)C2. The molecule has 2 heterocycles. The number of hydrogen-bond acceptors (Lipinski definition) is 7. The Kier molecular flexibility index (Phi) is 11.7. The molecule has 4 rings (SSSR count). The van der Waals surface area contributed by atoms with Crippen LogP contribution in [0.5, 0.6) is 0 Å². The van der Waals surface area contributed by atoms with Crippen molar-refractivity contribution >= 4 is 34.4 Å². The molecule has 0 bridgehead atoms. The number of nitrogens with two attached hydrogens (primary N) is 1. The van der Waals surface area contributed by atoms with Crippen LogP contribution < -0.4 is 21.7 Å². The number of likely N-dealkylation sites (tertiary alicyclic amines) is 1. The van der Waals surface area contributed by atoms with E-state index < -0.39 is 40.6 Å². The first-order valence-corrected chi connectivity index (χ1v) is 17.0. The Morgan fingerprint density at radius 2 is 1.58 bits per heavy atom. The van der Waals surface area contributed by atoms with Crippen LogP contribution in [0, 0.1) is 11.3 Å². The van der Waals surface area contributed by atoms with E-state index in [0.717, 1.165) is 55.8 Å². The molecule has 0 radical (unpaired) electrons. The molecular formula is C31H48N6O5S. The summed E-state index contributed by atoms with van der Waals surface area (Å²) in [6, 6.07) is 8.35. The van der Waals surface area contributed by atoms with Gasteiger partial charge in [-0.25, -0.2) is 0 Å². The first-order chi connectivity index (χ1) is 20.5. The van der Waals surface area contributed by atoms with Crippen molar-refractivity contribution in [2.45, 2.75) is 70.5 Å². The van der Waals surface area contributed by atoms with Crippen LogP contribution >= 0.6 is 0 Å². The lowest BCUT2D eigenvalue weighted by Gasteiger charge is -2.55. The second-order valence-electron chi connectivity index (χ2n) is 12.8. The minimum Gasteiger partial charge on any atom is -0.346 e. The molecule has 1 aromatic carbocycles. The topological polar surface area (TPSA) is 154 Å². The molecule has 2 aliphatic heterocycles. The zero-order valence-electron chi connectivity index (χ0n) is 25.5. The number of nitrogens with zero attached hydrogens (tertiary/aromatic N) is 2. The predicted molar refractivity (Wildman–Crippen MR) is 166 cm³/mol. The predicted octanol–water partition coefficient (Wildman–Crippen LogP) is 0.155. The minimum atomic E-state index is -0.820. The highest BCUT2D eigenvalue weighted by Crippen LogP contribution is 2.51. The van der Waals surface area contributed by atoms with Gasteiger partial charge in [0.05, 0.1) is 19.1 Å². The number of rotatable bonds is 12. The Labute approximate surface area is 257 Å². The van der Waals surface area contributed by atoms with Crippen molar-refractivity contribution in [3.63, 3.8) is 0 Å². The fourth-order valence-electron chi connectivity index (χ4n) is 6.46. The van der Waals surface area contributed by atoms with Crippen LogP contribution in [-0.4, -0.2) is 107 Å². The lowest BCUT2D eigenvalue weighted by molar-refractivity contribution is -0.137. The second-order valence-corrected chi connectivity index (χ2v) is 14.5. The Bertz CT molecular complexity index is 1140. The third-order valence-electron chi connectivity index (χ3n) is 9.07. The summed E-state index contributed by atoms with van der Waals surface area (Å²) in [6.45, 7) is 6.70. The lowest BCUT2D eigenvalue weighted by Crippen LogP contribution is -2.58. The summed E-state index contributed by atoms with van der Waals surface area (Å²) in [6.07, 6.45) is 4.98. The van der Waals surface area contributed by atoms with Gasteiger partial charge in [0.1, 0.15) is 6.04 Å². The number of hydrogen-bond donors (Lipinski definition) is 4. The second kappa shape index (κ2) is 15.3. The molecule has 1 spiro atoms.